The topological polar surface area (TPSA) is 105 Å². The number of pyridine rings is 1. The minimum atomic E-state index is -3.69. The van der Waals surface area contributed by atoms with Gasteiger partial charge in [-0.3, -0.25) is 4.79 Å². The Hall–Kier alpha value is -2.00. The van der Waals surface area contributed by atoms with Crippen LogP contribution in [0.1, 0.15) is 23.1 Å². The Morgan fingerprint density at radius 3 is 2.69 bits per heavy atom. The molecule has 1 aromatic carbocycles. The van der Waals surface area contributed by atoms with Crippen LogP contribution in [0.4, 0.5) is 5.82 Å². The number of rotatable bonds is 2. The fourth-order valence-electron chi connectivity index (χ4n) is 3.47. The van der Waals surface area contributed by atoms with Gasteiger partial charge in [-0.2, -0.15) is 12.7 Å². The molecule has 7 nitrogen and oxygen atoms in total. The van der Waals surface area contributed by atoms with Crippen LogP contribution in [0.15, 0.2) is 30.5 Å². The van der Waals surface area contributed by atoms with Crippen molar-refractivity contribution in [3.05, 3.63) is 47.2 Å². The third-order valence-corrected chi connectivity index (χ3v) is 5.80. The number of carbonyl (C=O) groups is 1. The summed E-state index contributed by atoms with van der Waals surface area (Å²) in [6.45, 7) is 0.688. The van der Waals surface area contributed by atoms with Crippen molar-refractivity contribution >= 4 is 34.3 Å². The molecule has 2 aliphatic rings. The largest absolute Gasteiger partial charge is 0.310 e. The van der Waals surface area contributed by atoms with Gasteiger partial charge in [0.15, 0.2) is 0 Å². The summed E-state index contributed by atoms with van der Waals surface area (Å²) >= 11 is 0. The molecule has 9 heteroatoms. The van der Waals surface area contributed by atoms with Gasteiger partial charge in [-0.15, -0.1) is 12.4 Å². The molecule has 0 saturated carbocycles. The van der Waals surface area contributed by atoms with Crippen LogP contribution >= 0.6 is 12.4 Å². The highest BCUT2D eigenvalue weighted by atomic mass is 35.5. The van der Waals surface area contributed by atoms with Crippen LogP contribution in [0, 0.1) is 0 Å². The van der Waals surface area contributed by atoms with E-state index in [9.17, 15) is 13.2 Å². The SMILES string of the molecule is Cl.NS(=O)(=O)N1CCc2ccc(-c3ccnc4c3CCC(=O)N4)cc2C1. The Morgan fingerprint density at radius 1 is 1.12 bits per heavy atom. The van der Waals surface area contributed by atoms with Crippen LogP contribution in [0.3, 0.4) is 0 Å². The number of carbonyl (C=O) groups excluding carboxylic acids is 1. The fourth-order valence-corrected chi connectivity index (χ4v) is 4.14. The summed E-state index contributed by atoms with van der Waals surface area (Å²) in [5.74, 6) is 0.587. The number of anilines is 1. The van der Waals surface area contributed by atoms with Gasteiger partial charge in [-0.05, 0) is 47.2 Å². The molecule has 2 aromatic rings. The molecule has 0 aliphatic carbocycles. The molecule has 0 saturated heterocycles. The van der Waals surface area contributed by atoms with Gasteiger partial charge >= 0.3 is 0 Å². The van der Waals surface area contributed by atoms with E-state index in [1.807, 2.05) is 24.3 Å². The third kappa shape index (κ3) is 3.45. The van der Waals surface area contributed by atoms with E-state index >= 15 is 0 Å². The molecule has 0 atom stereocenters. The van der Waals surface area contributed by atoms with Crippen molar-refractivity contribution in [2.75, 3.05) is 11.9 Å². The predicted molar refractivity (Wildman–Crippen MR) is 101 cm³/mol. The van der Waals surface area contributed by atoms with Crippen LogP contribution in [0.2, 0.25) is 0 Å². The lowest BCUT2D eigenvalue weighted by atomic mass is 9.91. The maximum Gasteiger partial charge on any atom is 0.277 e. The summed E-state index contributed by atoms with van der Waals surface area (Å²) in [5, 5.41) is 8.08. The summed E-state index contributed by atoms with van der Waals surface area (Å²) in [4.78, 5) is 15.8. The number of nitrogens with zero attached hydrogens (tertiary/aromatic N) is 2. The highest BCUT2D eigenvalue weighted by Gasteiger charge is 2.25. The van der Waals surface area contributed by atoms with E-state index in [1.165, 1.54) is 4.31 Å². The molecule has 3 N–H and O–H groups in total. The Kier molecular flexibility index (Phi) is 5.03. The molecule has 1 amide bonds. The number of benzene rings is 1. The summed E-state index contributed by atoms with van der Waals surface area (Å²) < 4.78 is 24.6. The van der Waals surface area contributed by atoms with Crippen LogP contribution < -0.4 is 10.5 Å². The molecule has 1 aromatic heterocycles. The van der Waals surface area contributed by atoms with Crippen molar-refractivity contribution in [3.8, 4) is 11.1 Å². The molecule has 0 radical (unpaired) electrons. The number of nitrogens with two attached hydrogens (primary N) is 1. The average Bonchev–Trinajstić information content (AvgIpc) is 2.59. The third-order valence-electron chi connectivity index (χ3n) is 4.77. The Balaban J connectivity index is 0.00000196. The first-order chi connectivity index (χ1) is 11.9. The van der Waals surface area contributed by atoms with Gasteiger partial charge in [-0.25, -0.2) is 10.1 Å². The van der Waals surface area contributed by atoms with Crippen LogP contribution in [0.5, 0.6) is 0 Å². The van der Waals surface area contributed by atoms with Gasteiger partial charge in [0.2, 0.25) is 5.91 Å². The summed E-state index contributed by atoms with van der Waals surface area (Å²) in [7, 11) is -3.69. The first kappa shape index (κ1) is 18.8. The van der Waals surface area contributed by atoms with Crippen LogP contribution in [-0.2, 0) is 34.4 Å². The number of hydrogen-bond donors (Lipinski definition) is 2. The van der Waals surface area contributed by atoms with E-state index in [1.54, 1.807) is 6.20 Å². The second-order valence-corrected chi connectivity index (χ2v) is 7.89. The molecule has 4 rings (SSSR count). The molecule has 0 spiro atoms. The molecule has 26 heavy (non-hydrogen) atoms. The number of halogens is 1. The summed E-state index contributed by atoms with van der Waals surface area (Å²) in [5.41, 5.74) is 5.12. The molecule has 0 bridgehead atoms. The number of hydrogen-bond acceptors (Lipinski definition) is 4. The highest BCUT2D eigenvalue weighted by molar-refractivity contribution is 7.86. The second kappa shape index (κ2) is 6.96. The first-order valence-corrected chi connectivity index (χ1v) is 9.60. The molecule has 0 unspecified atom stereocenters. The van der Waals surface area contributed by atoms with E-state index in [4.69, 9.17) is 5.14 Å². The predicted octanol–water partition coefficient (Wildman–Crippen LogP) is 1.62. The van der Waals surface area contributed by atoms with E-state index in [2.05, 4.69) is 10.3 Å². The van der Waals surface area contributed by atoms with Gasteiger partial charge in [0, 0.05) is 31.3 Å². The van der Waals surface area contributed by atoms with Gasteiger partial charge < -0.3 is 5.32 Å². The number of aromatic nitrogens is 1. The van der Waals surface area contributed by atoms with Crippen molar-refractivity contribution < 1.29 is 13.2 Å². The number of amides is 1. The van der Waals surface area contributed by atoms with Crippen molar-refractivity contribution in [2.45, 2.75) is 25.8 Å². The van der Waals surface area contributed by atoms with Gasteiger partial charge in [0.25, 0.3) is 10.2 Å². The van der Waals surface area contributed by atoms with Gasteiger partial charge in [-0.1, -0.05) is 12.1 Å². The zero-order chi connectivity index (χ0) is 17.6. The molecular formula is C17H19ClN4O3S. The molecule has 2 aliphatic heterocycles. The summed E-state index contributed by atoms with van der Waals surface area (Å²) in [6, 6.07) is 8.02. The van der Waals surface area contributed by atoms with Crippen LogP contribution in [-0.4, -0.2) is 30.2 Å². The fraction of sp³-hybridized carbons (Fsp3) is 0.294. The Labute approximate surface area is 158 Å². The van der Waals surface area contributed by atoms with Crippen molar-refractivity contribution in [3.63, 3.8) is 0 Å². The smallest absolute Gasteiger partial charge is 0.277 e. The van der Waals surface area contributed by atoms with Crippen LogP contribution in [0.25, 0.3) is 11.1 Å². The van der Waals surface area contributed by atoms with Crippen molar-refractivity contribution in [2.24, 2.45) is 5.14 Å². The minimum Gasteiger partial charge on any atom is -0.310 e. The van der Waals surface area contributed by atoms with Gasteiger partial charge in [0.1, 0.15) is 5.82 Å². The van der Waals surface area contributed by atoms with E-state index in [0.717, 1.165) is 27.8 Å². The lowest BCUT2D eigenvalue weighted by Crippen LogP contribution is -2.40. The van der Waals surface area contributed by atoms with Crippen molar-refractivity contribution in [1.82, 2.24) is 9.29 Å². The van der Waals surface area contributed by atoms with Gasteiger partial charge in [0.05, 0.1) is 0 Å². The lowest BCUT2D eigenvalue weighted by Gasteiger charge is -2.27. The summed E-state index contributed by atoms with van der Waals surface area (Å²) in [6.07, 6.45) is 3.41. The van der Waals surface area contributed by atoms with E-state index in [0.29, 0.717) is 31.6 Å². The number of nitrogens with one attached hydrogen (secondary N) is 1. The zero-order valence-electron chi connectivity index (χ0n) is 13.9. The maximum atomic E-state index is 11.6. The molecular weight excluding hydrogens is 376 g/mol. The molecule has 3 heterocycles. The van der Waals surface area contributed by atoms with Crippen molar-refractivity contribution in [1.29, 1.82) is 0 Å². The zero-order valence-corrected chi connectivity index (χ0v) is 15.6. The molecule has 0 fully saturated rings. The maximum absolute atomic E-state index is 11.6. The monoisotopic (exact) mass is 394 g/mol. The van der Waals surface area contributed by atoms with E-state index < -0.39 is 10.2 Å². The normalized spacial score (nSPS) is 16.9. The average molecular weight is 395 g/mol. The minimum absolute atomic E-state index is 0. The highest BCUT2D eigenvalue weighted by Crippen LogP contribution is 2.33. The van der Waals surface area contributed by atoms with E-state index in [-0.39, 0.29) is 24.9 Å². The lowest BCUT2D eigenvalue weighted by molar-refractivity contribution is -0.116. The standard InChI is InChI=1S/C17H18N4O3S.ClH/c18-25(23,24)21-8-6-11-1-2-12(9-13(11)10-21)14-5-7-19-17-15(14)3-4-16(22)20-17;/h1-2,5,7,9H,3-4,6,8,10H2,(H2,18,23,24)(H,19,20,22);1H. The Bertz CT molecular complexity index is 978. The quantitative estimate of drug-likeness (QED) is 0.807. The second-order valence-electron chi connectivity index (χ2n) is 6.35. The first-order valence-electron chi connectivity index (χ1n) is 8.09. The Morgan fingerprint density at radius 2 is 1.92 bits per heavy atom. The number of fused-ring (bicyclic) bond motifs is 2. The molecule has 138 valence electrons.